The summed E-state index contributed by atoms with van der Waals surface area (Å²) in [6.07, 6.45) is 0. The molecule has 0 aliphatic carbocycles. The molecule has 0 aromatic heterocycles. The van der Waals surface area contributed by atoms with Gasteiger partial charge in [-0.2, -0.15) is 5.11 Å². The van der Waals surface area contributed by atoms with E-state index in [1.807, 2.05) is 0 Å². The summed E-state index contributed by atoms with van der Waals surface area (Å²) in [6, 6.07) is 4.52. The van der Waals surface area contributed by atoms with Gasteiger partial charge in [0.25, 0.3) is 0 Å². The van der Waals surface area contributed by atoms with Crippen molar-refractivity contribution >= 4 is 17.6 Å². The summed E-state index contributed by atoms with van der Waals surface area (Å²) in [4.78, 5) is 24.8. The standard InChI is InChI=1S/C12H16N6O4/c1-18(11(20)6-14-16-17-15-13)10-4-8(7-19)3-9(5-10)12(21)22-2/h3-5,19H,6-7H2,1-2H3,(H2,13,14,17). The van der Waals surface area contributed by atoms with E-state index in [2.05, 4.69) is 25.5 Å². The first-order valence-corrected chi connectivity index (χ1v) is 6.09. The van der Waals surface area contributed by atoms with Crippen LogP contribution < -0.4 is 10.7 Å². The Labute approximate surface area is 126 Å². The van der Waals surface area contributed by atoms with Crippen molar-refractivity contribution in [2.24, 2.45) is 26.6 Å². The van der Waals surface area contributed by atoms with E-state index < -0.39 is 11.9 Å². The number of nitrogens with zero attached hydrogens (tertiary/aromatic N) is 5. The lowest BCUT2D eigenvalue weighted by atomic mass is 10.1. The Bertz CT molecular complexity index is 601. The molecule has 10 nitrogen and oxygen atoms in total. The maximum atomic E-state index is 11.9. The highest BCUT2D eigenvalue weighted by molar-refractivity contribution is 5.97. The van der Waals surface area contributed by atoms with Crippen LogP contribution in [0.15, 0.2) is 39.0 Å². The zero-order chi connectivity index (χ0) is 16.5. The fourth-order valence-electron chi connectivity index (χ4n) is 1.59. The summed E-state index contributed by atoms with van der Waals surface area (Å²) in [5, 5.41) is 21.8. The molecule has 0 aliphatic heterocycles. The second-order valence-corrected chi connectivity index (χ2v) is 4.08. The van der Waals surface area contributed by atoms with Gasteiger partial charge in [0.05, 0.1) is 19.3 Å². The van der Waals surface area contributed by atoms with E-state index in [1.165, 1.54) is 31.2 Å². The number of amides is 1. The first-order chi connectivity index (χ1) is 10.5. The molecule has 0 bridgehead atoms. The Morgan fingerprint density at radius 1 is 1.32 bits per heavy atom. The van der Waals surface area contributed by atoms with Crippen molar-refractivity contribution in [3.63, 3.8) is 0 Å². The Kier molecular flexibility index (Phi) is 6.57. The topological polar surface area (TPSA) is 142 Å². The Morgan fingerprint density at radius 3 is 2.64 bits per heavy atom. The third kappa shape index (κ3) is 4.59. The summed E-state index contributed by atoms with van der Waals surface area (Å²) in [6.45, 7) is -0.553. The number of carbonyl (C=O) groups excluding carboxylic acids is 2. The van der Waals surface area contributed by atoms with Crippen LogP contribution in [0.5, 0.6) is 0 Å². The Morgan fingerprint density at radius 2 is 2.05 bits per heavy atom. The van der Waals surface area contributed by atoms with E-state index in [-0.39, 0.29) is 18.7 Å². The Hall–Kier alpha value is -2.88. The molecule has 0 heterocycles. The van der Waals surface area contributed by atoms with Crippen LogP contribution in [0.2, 0.25) is 0 Å². The van der Waals surface area contributed by atoms with E-state index in [4.69, 9.17) is 5.84 Å². The molecule has 0 atom stereocenters. The second-order valence-electron chi connectivity index (χ2n) is 4.08. The molecule has 1 aromatic rings. The van der Waals surface area contributed by atoms with Gasteiger partial charge in [-0.1, -0.05) is 5.22 Å². The summed E-state index contributed by atoms with van der Waals surface area (Å²) in [5.41, 5.74) is 1.10. The minimum atomic E-state index is -0.569. The molecule has 118 valence electrons. The number of rotatable bonds is 6. The van der Waals surface area contributed by atoms with Crippen molar-refractivity contribution < 1.29 is 19.4 Å². The van der Waals surface area contributed by atoms with Gasteiger partial charge in [-0.05, 0) is 34.2 Å². The van der Waals surface area contributed by atoms with Crippen molar-refractivity contribution in [3.05, 3.63) is 29.3 Å². The lowest BCUT2D eigenvalue weighted by Crippen LogP contribution is -2.28. The molecule has 22 heavy (non-hydrogen) atoms. The molecule has 1 rings (SSSR count). The molecule has 3 N–H and O–H groups in total. The maximum absolute atomic E-state index is 11.9. The molecule has 0 fully saturated rings. The van der Waals surface area contributed by atoms with Crippen LogP contribution in [0.25, 0.3) is 0 Å². The fourth-order valence-corrected chi connectivity index (χ4v) is 1.59. The van der Waals surface area contributed by atoms with Gasteiger partial charge in [0.2, 0.25) is 5.91 Å². The molecule has 1 amide bonds. The molecule has 0 radical (unpaired) electrons. The van der Waals surface area contributed by atoms with Gasteiger partial charge in [-0.3, -0.25) is 4.79 Å². The molecule has 0 spiro atoms. The first-order valence-electron chi connectivity index (χ1n) is 6.09. The molecule has 0 unspecified atom stereocenters. The van der Waals surface area contributed by atoms with Crippen LogP contribution in [-0.4, -0.2) is 37.7 Å². The SMILES string of the molecule is COC(=O)c1cc(CO)cc(N(C)C(=O)C/N=N/N=N/N)c1. The van der Waals surface area contributed by atoms with Crippen molar-refractivity contribution in [2.75, 3.05) is 25.6 Å². The van der Waals surface area contributed by atoms with Crippen LogP contribution >= 0.6 is 0 Å². The number of carbonyl (C=O) groups is 2. The van der Waals surface area contributed by atoms with Gasteiger partial charge in [-0.25, -0.2) is 4.79 Å². The average Bonchev–Trinajstić information content (AvgIpc) is 2.56. The summed E-state index contributed by atoms with van der Waals surface area (Å²) >= 11 is 0. The number of aliphatic hydroxyl groups is 1. The number of benzene rings is 1. The predicted octanol–water partition coefficient (Wildman–Crippen LogP) is 0.621. The monoisotopic (exact) mass is 308 g/mol. The van der Waals surface area contributed by atoms with Gasteiger partial charge in [0.1, 0.15) is 6.54 Å². The van der Waals surface area contributed by atoms with Gasteiger partial charge >= 0.3 is 5.97 Å². The highest BCUT2D eigenvalue weighted by atomic mass is 16.5. The lowest BCUT2D eigenvalue weighted by Gasteiger charge is -2.17. The number of likely N-dealkylation sites (N-methyl/N-ethyl adjacent to an activating group) is 1. The van der Waals surface area contributed by atoms with Gasteiger partial charge in [0.15, 0.2) is 0 Å². The van der Waals surface area contributed by atoms with Crippen molar-refractivity contribution in [1.82, 2.24) is 0 Å². The molecular formula is C12H16N6O4. The second kappa shape index (κ2) is 8.42. The summed E-state index contributed by atoms with van der Waals surface area (Å²) < 4.78 is 4.63. The smallest absolute Gasteiger partial charge is 0.337 e. The van der Waals surface area contributed by atoms with Crippen molar-refractivity contribution in [1.29, 1.82) is 0 Å². The van der Waals surface area contributed by atoms with Gasteiger partial charge in [0, 0.05) is 12.7 Å². The predicted molar refractivity (Wildman–Crippen MR) is 75.9 cm³/mol. The number of nitrogens with two attached hydrogens (primary N) is 1. The normalized spacial score (nSPS) is 11.0. The number of esters is 1. The molecule has 10 heteroatoms. The third-order valence-electron chi connectivity index (χ3n) is 2.70. The number of hydrogen-bond donors (Lipinski definition) is 2. The first kappa shape index (κ1) is 17.2. The van der Waals surface area contributed by atoms with Crippen LogP contribution in [0.1, 0.15) is 15.9 Å². The Balaban J connectivity index is 2.98. The molecule has 0 saturated carbocycles. The zero-order valence-electron chi connectivity index (χ0n) is 12.1. The van der Waals surface area contributed by atoms with E-state index in [1.54, 1.807) is 6.07 Å². The van der Waals surface area contributed by atoms with Crippen LogP contribution in [0.4, 0.5) is 5.69 Å². The molecule has 0 aliphatic rings. The van der Waals surface area contributed by atoms with E-state index >= 15 is 0 Å². The van der Waals surface area contributed by atoms with E-state index in [0.29, 0.717) is 11.3 Å². The number of hydrogen-bond acceptors (Lipinski definition) is 6. The van der Waals surface area contributed by atoms with Crippen LogP contribution in [-0.2, 0) is 16.1 Å². The largest absolute Gasteiger partial charge is 0.465 e. The van der Waals surface area contributed by atoms with Crippen LogP contribution in [0, 0.1) is 0 Å². The minimum Gasteiger partial charge on any atom is -0.465 e. The van der Waals surface area contributed by atoms with Gasteiger partial charge < -0.3 is 20.6 Å². The number of methoxy groups -OCH3 is 1. The summed E-state index contributed by atoms with van der Waals surface area (Å²) in [7, 11) is 2.74. The zero-order valence-corrected chi connectivity index (χ0v) is 12.1. The number of aliphatic hydroxyl groups excluding tert-OH is 1. The van der Waals surface area contributed by atoms with Crippen LogP contribution in [0.3, 0.4) is 0 Å². The van der Waals surface area contributed by atoms with E-state index in [9.17, 15) is 14.7 Å². The third-order valence-corrected chi connectivity index (χ3v) is 2.70. The van der Waals surface area contributed by atoms with Gasteiger partial charge in [-0.15, -0.1) is 0 Å². The molecule has 0 saturated heterocycles. The number of ether oxygens (including phenoxy) is 1. The lowest BCUT2D eigenvalue weighted by molar-refractivity contribution is -0.117. The fraction of sp³-hybridized carbons (Fsp3) is 0.333. The highest BCUT2D eigenvalue weighted by Gasteiger charge is 2.15. The van der Waals surface area contributed by atoms with Crippen molar-refractivity contribution in [3.8, 4) is 0 Å². The summed E-state index contributed by atoms with van der Waals surface area (Å²) in [5.74, 6) is 3.76. The average molecular weight is 308 g/mol. The highest BCUT2D eigenvalue weighted by Crippen LogP contribution is 2.19. The quantitative estimate of drug-likeness (QED) is 0.343. The van der Waals surface area contributed by atoms with Crippen molar-refractivity contribution in [2.45, 2.75) is 6.61 Å². The molecule has 1 aromatic carbocycles. The minimum absolute atomic E-state index is 0.224. The van der Waals surface area contributed by atoms with E-state index in [0.717, 1.165) is 0 Å². The number of anilines is 1. The molecular weight excluding hydrogens is 292 g/mol. The maximum Gasteiger partial charge on any atom is 0.337 e.